The molecule has 1 atom stereocenters. The number of hydrogen-bond acceptors (Lipinski definition) is 4. The van der Waals surface area contributed by atoms with E-state index < -0.39 is 0 Å². The molecule has 0 aliphatic carbocycles. The fraction of sp³-hybridized carbons (Fsp3) is 0.462. The van der Waals surface area contributed by atoms with Crippen LogP contribution in [-0.4, -0.2) is 36.1 Å². The molecule has 17 heavy (non-hydrogen) atoms. The van der Waals surface area contributed by atoms with E-state index >= 15 is 0 Å². The third kappa shape index (κ3) is 2.06. The molecule has 1 aromatic heterocycles. The topological polar surface area (TPSA) is 41.3 Å². The van der Waals surface area contributed by atoms with Gasteiger partial charge in [-0.2, -0.15) is 0 Å². The van der Waals surface area contributed by atoms with Crippen LogP contribution in [-0.2, 0) is 0 Å². The zero-order valence-electron chi connectivity index (χ0n) is 10.0. The van der Waals surface area contributed by atoms with Crippen LogP contribution in [0.15, 0.2) is 28.7 Å². The summed E-state index contributed by atoms with van der Waals surface area (Å²) < 4.78 is 5.81. The van der Waals surface area contributed by atoms with Crippen molar-refractivity contribution in [3.63, 3.8) is 0 Å². The van der Waals surface area contributed by atoms with Crippen molar-refractivity contribution in [3.05, 3.63) is 30.2 Å². The molecule has 0 radical (unpaired) electrons. The van der Waals surface area contributed by atoms with Crippen molar-refractivity contribution in [1.82, 2.24) is 15.2 Å². The molecule has 1 aliphatic heterocycles. The summed E-state index contributed by atoms with van der Waals surface area (Å²) in [6.07, 6.45) is 0. The maximum absolute atomic E-state index is 5.81. The molecule has 4 heteroatoms. The van der Waals surface area contributed by atoms with Crippen LogP contribution in [0.25, 0.3) is 11.1 Å². The van der Waals surface area contributed by atoms with Crippen LogP contribution in [0, 0.1) is 0 Å². The molecule has 1 saturated heterocycles. The molecule has 1 fully saturated rings. The Kier molecular flexibility index (Phi) is 2.82. The monoisotopic (exact) mass is 231 g/mol. The number of fused-ring (bicyclic) bond motifs is 1. The first-order chi connectivity index (χ1) is 8.34. The summed E-state index contributed by atoms with van der Waals surface area (Å²) in [4.78, 5) is 6.96. The highest BCUT2D eigenvalue weighted by molar-refractivity contribution is 5.72. The Morgan fingerprint density at radius 3 is 2.82 bits per heavy atom. The van der Waals surface area contributed by atoms with E-state index in [0.29, 0.717) is 0 Å². The number of nitrogens with one attached hydrogen (secondary N) is 1. The summed E-state index contributed by atoms with van der Waals surface area (Å²) in [5, 5.41) is 3.35. The van der Waals surface area contributed by atoms with Gasteiger partial charge in [0.05, 0.1) is 6.04 Å². The van der Waals surface area contributed by atoms with Gasteiger partial charge >= 0.3 is 0 Å². The molecule has 0 amide bonds. The van der Waals surface area contributed by atoms with Crippen LogP contribution in [0.1, 0.15) is 18.9 Å². The third-order valence-electron chi connectivity index (χ3n) is 3.37. The molecule has 1 aliphatic rings. The third-order valence-corrected chi connectivity index (χ3v) is 3.37. The fourth-order valence-electron chi connectivity index (χ4n) is 2.29. The van der Waals surface area contributed by atoms with Crippen molar-refractivity contribution in [2.24, 2.45) is 0 Å². The molecule has 1 N–H and O–H groups in total. The Morgan fingerprint density at radius 1 is 1.29 bits per heavy atom. The van der Waals surface area contributed by atoms with Crippen LogP contribution in [0.3, 0.4) is 0 Å². The second-order valence-corrected chi connectivity index (χ2v) is 4.48. The summed E-state index contributed by atoms with van der Waals surface area (Å²) in [5.74, 6) is 0.827. The van der Waals surface area contributed by atoms with Crippen molar-refractivity contribution >= 4 is 11.1 Å². The molecule has 0 saturated carbocycles. The minimum atomic E-state index is 0.254. The van der Waals surface area contributed by atoms with Gasteiger partial charge in [-0.3, -0.25) is 4.90 Å². The molecule has 90 valence electrons. The summed E-state index contributed by atoms with van der Waals surface area (Å²) >= 11 is 0. The van der Waals surface area contributed by atoms with Crippen LogP contribution >= 0.6 is 0 Å². The van der Waals surface area contributed by atoms with E-state index in [4.69, 9.17) is 4.42 Å². The lowest BCUT2D eigenvalue weighted by Crippen LogP contribution is -2.44. The second-order valence-electron chi connectivity index (χ2n) is 4.48. The lowest BCUT2D eigenvalue weighted by atomic mass is 10.2. The molecule has 1 aromatic carbocycles. The largest absolute Gasteiger partial charge is 0.439 e. The Balaban J connectivity index is 1.86. The van der Waals surface area contributed by atoms with Crippen LogP contribution in [0.2, 0.25) is 0 Å². The van der Waals surface area contributed by atoms with Crippen molar-refractivity contribution in [1.29, 1.82) is 0 Å². The molecule has 0 spiro atoms. The van der Waals surface area contributed by atoms with Gasteiger partial charge in [-0.25, -0.2) is 4.98 Å². The number of hydrogen-bond donors (Lipinski definition) is 1. The minimum absolute atomic E-state index is 0.254. The average molecular weight is 231 g/mol. The number of para-hydroxylation sites is 2. The predicted octanol–water partition coefficient (Wildman–Crippen LogP) is 1.79. The Labute approximate surface area is 101 Å². The molecule has 0 bridgehead atoms. The number of nitrogens with zero attached hydrogens (tertiary/aromatic N) is 2. The lowest BCUT2D eigenvalue weighted by Gasteiger charge is -2.30. The van der Waals surface area contributed by atoms with Crippen molar-refractivity contribution in [3.8, 4) is 0 Å². The number of piperazine rings is 1. The van der Waals surface area contributed by atoms with E-state index in [9.17, 15) is 0 Å². The quantitative estimate of drug-likeness (QED) is 0.855. The Hall–Kier alpha value is -1.39. The highest BCUT2D eigenvalue weighted by atomic mass is 16.3. The van der Waals surface area contributed by atoms with E-state index in [0.717, 1.165) is 43.2 Å². The van der Waals surface area contributed by atoms with Crippen molar-refractivity contribution in [2.75, 3.05) is 26.2 Å². The first-order valence-electron chi connectivity index (χ1n) is 6.15. The number of rotatable bonds is 2. The standard InChI is InChI=1S/C13H17N3O/c1-10(16-8-6-14-7-9-16)13-15-11-4-2-3-5-12(11)17-13/h2-5,10,14H,6-9H2,1H3. The fourth-order valence-corrected chi connectivity index (χ4v) is 2.29. The first-order valence-corrected chi connectivity index (χ1v) is 6.15. The predicted molar refractivity (Wildman–Crippen MR) is 66.9 cm³/mol. The van der Waals surface area contributed by atoms with E-state index in [1.54, 1.807) is 0 Å². The van der Waals surface area contributed by atoms with Gasteiger partial charge in [0.1, 0.15) is 5.52 Å². The zero-order valence-corrected chi connectivity index (χ0v) is 10.0. The maximum Gasteiger partial charge on any atom is 0.212 e. The van der Waals surface area contributed by atoms with Crippen molar-refractivity contribution < 1.29 is 4.42 Å². The number of oxazole rings is 1. The molecular formula is C13H17N3O. The van der Waals surface area contributed by atoms with E-state index in [-0.39, 0.29) is 6.04 Å². The first kappa shape index (κ1) is 10.7. The zero-order chi connectivity index (χ0) is 11.7. The Morgan fingerprint density at radius 2 is 2.06 bits per heavy atom. The summed E-state index contributed by atoms with van der Waals surface area (Å²) in [7, 11) is 0. The molecule has 2 aromatic rings. The van der Waals surface area contributed by atoms with E-state index in [1.165, 1.54) is 0 Å². The van der Waals surface area contributed by atoms with Gasteiger partial charge in [0.25, 0.3) is 0 Å². The number of benzene rings is 1. The van der Waals surface area contributed by atoms with Crippen LogP contribution in [0.5, 0.6) is 0 Å². The summed E-state index contributed by atoms with van der Waals surface area (Å²) in [6, 6.07) is 8.18. The van der Waals surface area contributed by atoms with Gasteiger partial charge in [-0.1, -0.05) is 12.1 Å². The molecule has 1 unspecified atom stereocenters. The normalized spacial score (nSPS) is 19.6. The van der Waals surface area contributed by atoms with Gasteiger partial charge in [-0.15, -0.1) is 0 Å². The molecule has 3 rings (SSSR count). The van der Waals surface area contributed by atoms with Crippen LogP contribution in [0.4, 0.5) is 0 Å². The van der Waals surface area contributed by atoms with Crippen molar-refractivity contribution in [2.45, 2.75) is 13.0 Å². The maximum atomic E-state index is 5.81. The van der Waals surface area contributed by atoms with Gasteiger partial charge in [0, 0.05) is 26.2 Å². The van der Waals surface area contributed by atoms with Crippen LogP contribution < -0.4 is 5.32 Å². The van der Waals surface area contributed by atoms with Gasteiger partial charge in [0.15, 0.2) is 5.58 Å². The lowest BCUT2D eigenvalue weighted by molar-refractivity contribution is 0.164. The second kappa shape index (κ2) is 4.47. The van der Waals surface area contributed by atoms with E-state index in [1.807, 2.05) is 24.3 Å². The van der Waals surface area contributed by atoms with Gasteiger partial charge in [0.2, 0.25) is 5.89 Å². The SMILES string of the molecule is CC(c1nc2ccccc2o1)N1CCNCC1. The molecular weight excluding hydrogens is 214 g/mol. The minimum Gasteiger partial charge on any atom is -0.439 e. The average Bonchev–Trinajstić information content (AvgIpc) is 2.82. The highest BCUT2D eigenvalue weighted by Gasteiger charge is 2.22. The summed E-state index contributed by atoms with van der Waals surface area (Å²) in [6.45, 7) is 6.37. The molecule has 4 nitrogen and oxygen atoms in total. The highest BCUT2D eigenvalue weighted by Crippen LogP contribution is 2.23. The number of aromatic nitrogens is 1. The van der Waals surface area contributed by atoms with Gasteiger partial charge < -0.3 is 9.73 Å². The Bertz CT molecular complexity index is 469. The summed E-state index contributed by atoms with van der Waals surface area (Å²) in [5.41, 5.74) is 1.83. The molecule has 2 heterocycles. The smallest absolute Gasteiger partial charge is 0.212 e. The van der Waals surface area contributed by atoms with Gasteiger partial charge in [-0.05, 0) is 19.1 Å². The van der Waals surface area contributed by atoms with E-state index in [2.05, 4.69) is 22.1 Å².